The lowest BCUT2D eigenvalue weighted by Crippen LogP contribution is -2.21. The Morgan fingerprint density at radius 3 is 2.53 bits per heavy atom. The number of imidazole rings is 1. The lowest BCUT2D eigenvalue weighted by Gasteiger charge is -2.22. The number of aromatic nitrogens is 6. The predicted octanol–water partition coefficient (Wildman–Crippen LogP) is 4.82. The number of hydrogen-bond donors (Lipinski definition) is 2. The molecule has 2 N–H and O–H groups in total. The van der Waals surface area contributed by atoms with Crippen molar-refractivity contribution >= 4 is 17.3 Å². The van der Waals surface area contributed by atoms with Crippen molar-refractivity contribution in [1.29, 1.82) is 0 Å². The van der Waals surface area contributed by atoms with Crippen LogP contribution < -0.4 is 10.2 Å². The molecule has 0 aliphatic rings. The first-order chi connectivity index (χ1) is 15.5. The molecule has 0 fully saturated rings. The molecule has 166 valence electrons. The first-order valence-corrected chi connectivity index (χ1v) is 11.1. The summed E-state index contributed by atoms with van der Waals surface area (Å²) in [6, 6.07) is 10.4. The zero-order valence-electron chi connectivity index (χ0n) is 19.3. The number of nitrogens with one attached hydrogen (secondary N) is 2. The predicted molar refractivity (Wildman–Crippen MR) is 129 cm³/mol. The second kappa shape index (κ2) is 9.21. The van der Waals surface area contributed by atoms with Gasteiger partial charge in [0.2, 0.25) is 5.95 Å². The van der Waals surface area contributed by atoms with Crippen molar-refractivity contribution in [2.24, 2.45) is 0 Å². The number of aromatic amines is 1. The molecule has 8 nitrogen and oxygen atoms in total. The van der Waals surface area contributed by atoms with Gasteiger partial charge in [0.1, 0.15) is 5.69 Å². The lowest BCUT2D eigenvalue weighted by molar-refractivity contribution is 0.866. The van der Waals surface area contributed by atoms with Gasteiger partial charge >= 0.3 is 0 Å². The smallest absolute Gasteiger partial charge is 0.246 e. The molecule has 0 unspecified atom stereocenters. The fourth-order valence-electron chi connectivity index (χ4n) is 3.76. The highest BCUT2D eigenvalue weighted by molar-refractivity contribution is 5.66. The topological polar surface area (TPSA) is 87.5 Å². The summed E-state index contributed by atoms with van der Waals surface area (Å²) in [7, 11) is 0. The molecule has 3 aromatic heterocycles. The summed E-state index contributed by atoms with van der Waals surface area (Å²) in [5.74, 6) is 1.15. The van der Waals surface area contributed by atoms with E-state index >= 15 is 0 Å². The Hall–Kier alpha value is -3.68. The van der Waals surface area contributed by atoms with Crippen LogP contribution in [0.4, 0.5) is 17.3 Å². The fourth-order valence-corrected chi connectivity index (χ4v) is 3.76. The Labute approximate surface area is 188 Å². The Kier molecular flexibility index (Phi) is 6.20. The molecule has 0 radical (unpaired) electrons. The molecule has 0 saturated carbocycles. The first-order valence-electron chi connectivity index (χ1n) is 11.1. The minimum atomic E-state index is 0.522. The molecule has 0 amide bonds. The molecular weight excluding hydrogens is 400 g/mol. The van der Waals surface area contributed by atoms with Gasteiger partial charge in [-0.15, -0.1) is 5.10 Å². The van der Waals surface area contributed by atoms with E-state index in [2.05, 4.69) is 82.3 Å². The number of benzene rings is 1. The highest BCUT2D eigenvalue weighted by atomic mass is 15.3. The molecule has 32 heavy (non-hydrogen) atoms. The van der Waals surface area contributed by atoms with Gasteiger partial charge in [-0.3, -0.25) is 5.10 Å². The van der Waals surface area contributed by atoms with Crippen LogP contribution in [0.1, 0.15) is 37.7 Å². The van der Waals surface area contributed by atoms with E-state index in [0.717, 1.165) is 53.5 Å². The molecule has 0 aliphatic carbocycles. The summed E-state index contributed by atoms with van der Waals surface area (Å²) < 4.78 is 2.00. The van der Waals surface area contributed by atoms with E-state index in [1.165, 1.54) is 5.69 Å². The van der Waals surface area contributed by atoms with Crippen molar-refractivity contribution in [3.63, 3.8) is 0 Å². The zero-order valence-corrected chi connectivity index (χ0v) is 19.3. The highest BCUT2D eigenvalue weighted by Crippen LogP contribution is 2.26. The van der Waals surface area contributed by atoms with E-state index in [-0.39, 0.29) is 0 Å². The van der Waals surface area contributed by atoms with Gasteiger partial charge in [-0.2, -0.15) is 4.98 Å². The molecule has 1 aromatic carbocycles. The summed E-state index contributed by atoms with van der Waals surface area (Å²) in [5, 5.41) is 10.7. The Bertz CT molecular complexity index is 1200. The number of anilines is 3. The number of aryl methyl sites for hydroxylation is 3. The van der Waals surface area contributed by atoms with Crippen LogP contribution in [0.2, 0.25) is 0 Å². The van der Waals surface area contributed by atoms with Crippen molar-refractivity contribution in [2.45, 2.75) is 41.0 Å². The van der Waals surface area contributed by atoms with Crippen molar-refractivity contribution < 1.29 is 0 Å². The van der Waals surface area contributed by atoms with Crippen LogP contribution in [0, 0.1) is 13.8 Å². The molecule has 0 bridgehead atoms. The number of rotatable bonds is 8. The largest absolute Gasteiger partial charge is 0.372 e. The van der Waals surface area contributed by atoms with E-state index in [1.807, 2.05) is 30.1 Å². The second-order valence-electron chi connectivity index (χ2n) is 7.74. The van der Waals surface area contributed by atoms with E-state index in [0.29, 0.717) is 11.8 Å². The molecule has 0 spiro atoms. The lowest BCUT2D eigenvalue weighted by atomic mass is 10.1. The quantitative estimate of drug-likeness (QED) is 0.417. The maximum absolute atomic E-state index is 4.83. The third-order valence-corrected chi connectivity index (χ3v) is 5.60. The Balaban J connectivity index is 1.59. The zero-order chi connectivity index (χ0) is 22.7. The third-order valence-electron chi connectivity index (χ3n) is 5.60. The highest BCUT2D eigenvalue weighted by Gasteiger charge is 2.13. The maximum atomic E-state index is 4.83. The first kappa shape index (κ1) is 21.5. The van der Waals surface area contributed by atoms with Gasteiger partial charge in [0.15, 0.2) is 5.82 Å². The molecule has 4 rings (SSSR count). The van der Waals surface area contributed by atoms with Gasteiger partial charge in [-0.05, 0) is 63.9 Å². The molecule has 3 heterocycles. The van der Waals surface area contributed by atoms with Crippen LogP contribution in [0.3, 0.4) is 0 Å². The van der Waals surface area contributed by atoms with Crippen molar-refractivity contribution in [3.05, 3.63) is 59.8 Å². The van der Waals surface area contributed by atoms with E-state index in [1.54, 1.807) is 0 Å². The van der Waals surface area contributed by atoms with Gasteiger partial charge in [-0.25, -0.2) is 9.97 Å². The normalized spacial score (nSPS) is 11.0. The van der Waals surface area contributed by atoms with Crippen LogP contribution in [0.25, 0.3) is 17.2 Å². The summed E-state index contributed by atoms with van der Waals surface area (Å²) in [4.78, 5) is 16.1. The summed E-state index contributed by atoms with van der Waals surface area (Å²) >= 11 is 0. The molecule has 0 aliphatic heterocycles. The van der Waals surface area contributed by atoms with Crippen LogP contribution in [-0.2, 0) is 6.42 Å². The second-order valence-corrected chi connectivity index (χ2v) is 7.74. The summed E-state index contributed by atoms with van der Waals surface area (Å²) in [5.41, 5.74) is 7.05. The molecule has 4 aromatic rings. The van der Waals surface area contributed by atoms with Gasteiger partial charge in [-0.1, -0.05) is 13.0 Å². The standard InChI is InChI=1S/C24H30N8/c1-6-19-22(32-14-17(5)25-15-32)12-11-20(26-19)23-28-24(30-29-23)27-21-13-18(10-9-16(21)4)31(7-2)8-3/h9-15H,6-8H2,1-5H3,(H2,27,28,29,30). The van der Waals surface area contributed by atoms with Crippen LogP contribution in [0.15, 0.2) is 42.9 Å². The van der Waals surface area contributed by atoms with E-state index in [9.17, 15) is 0 Å². The maximum Gasteiger partial charge on any atom is 0.246 e. The SMILES string of the molecule is CCc1nc(-c2nc(Nc3cc(N(CC)CC)ccc3C)n[nH]2)ccc1-n1cnc(C)c1. The molecule has 8 heteroatoms. The fraction of sp³-hybridized carbons (Fsp3) is 0.333. The van der Waals surface area contributed by atoms with Gasteiger partial charge in [0.05, 0.1) is 23.4 Å². The minimum Gasteiger partial charge on any atom is -0.372 e. The average molecular weight is 431 g/mol. The minimum absolute atomic E-state index is 0.522. The Morgan fingerprint density at radius 1 is 1.03 bits per heavy atom. The monoisotopic (exact) mass is 430 g/mol. The third kappa shape index (κ3) is 4.34. The Morgan fingerprint density at radius 2 is 1.84 bits per heavy atom. The van der Waals surface area contributed by atoms with Crippen LogP contribution in [0.5, 0.6) is 0 Å². The van der Waals surface area contributed by atoms with Gasteiger partial charge in [0.25, 0.3) is 0 Å². The van der Waals surface area contributed by atoms with Crippen LogP contribution >= 0.6 is 0 Å². The number of pyridine rings is 1. The van der Waals surface area contributed by atoms with E-state index < -0.39 is 0 Å². The summed E-state index contributed by atoms with van der Waals surface area (Å²) in [6.45, 7) is 12.4. The number of H-pyrrole nitrogens is 1. The molecule has 0 atom stereocenters. The molecular formula is C24H30N8. The van der Waals surface area contributed by atoms with Crippen molar-refractivity contribution in [3.8, 4) is 17.2 Å². The van der Waals surface area contributed by atoms with Gasteiger partial charge < -0.3 is 14.8 Å². The molecule has 0 saturated heterocycles. The summed E-state index contributed by atoms with van der Waals surface area (Å²) in [6.07, 6.45) is 4.62. The van der Waals surface area contributed by atoms with Crippen LogP contribution in [-0.4, -0.2) is 42.8 Å². The van der Waals surface area contributed by atoms with Crippen molar-refractivity contribution in [1.82, 2.24) is 29.7 Å². The van der Waals surface area contributed by atoms with Crippen molar-refractivity contribution in [2.75, 3.05) is 23.3 Å². The van der Waals surface area contributed by atoms with E-state index in [4.69, 9.17) is 4.98 Å². The average Bonchev–Trinajstić information content (AvgIpc) is 3.45. The number of hydrogen-bond acceptors (Lipinski definition) is 6. The van der Waals surface area contributed by atoms with Gasteiger partial charge in [0, 0.05) is 30.7 Å². The number of nitrogens with zero attached hydrogens (tertiary/aromatic N) is 6.